The number of hydrogen-bond donors (Lipinski definition) is 1. The average molecular weight is 321 g/mol. The quantitative estimate of drug-likeness (QED) is 0.811. The number of anilines is 1. The number of halogens is 4. The van der Waals surface area contributed by atoms with E-state index in [-0.39, 0.29) is 0 Å². The Bertz CT molecular complexity index is 469. The molecular formula is C12H12BrF3N2. The summed E-state index contributed by atoms with van der Waals surface area (Å²) in [4.78, 5) is 4.26. The van der Waals surface area contributed by atoms with Crippen molar-refractivity contribution in [3.8, 4) is 0 Å². The molecule has 0 aromatic heterocycles. The summed E-state index contributed by atoms with van der Waals surface area (Å²) >= 11 is 3.09. The van der Waals surface area contributed by atoms with Crippen LogP contribution in [0.5, 0.6) is 0 Å². The van der Waals surface area contributed by atoms with E-state index in [1.54, 1.807) is 6.07 Å². The Kier molecular flexibility index (Phi) is 3.94. The largest absolute Gasteiger partial charge is 0.416 e. The first-order valence-electron chi connectivity index (χ1n) is 5.63. The maximum Gasteiger partial charge on any atom is 0.416 e. The van der Waals surface area contributed by atoms with Crippen LogP contribution in [-0.4, -0.2) is 12.4 Å². The van der Waals surface area contributed by atoms with Crippen LogP contribution >= 0.6 is 15.9 Å². The van der Waals surface area contributed by atoms with Gasteiger partial charge in [-0.2, -0.15) is 13.2 Å². The molecular weight excluding hydrogens is 309 g/mol. The summed E-state index contributed by atoms with van der Waals surface area (Å²) in [6, 6.07) is 3.78. The first-order valence-corrected chi connectivity index (χ1v) is 6.42. The first-order chi connectivity index (χ1) is 8.45. The van der Waals surface area contributed by atoms with Crippen molar-refractivity contribution < 1.29 is 13.2 Å². The highest BCUT2D eigenvalue weighted by Gasteiger charge is 2.31. The van der Waals surface area contributed by atoms with Gasteiger partial charge in [-0.25, -0.2) is 0 Å². The van der Waals surface area contributed by atoms with E-state index >= 15 is 0 Å². The molecule has 1 aliphatic rings. The lowest BCUT2D eigenvalue weighted by atomic mass is 10.1. The minimum Gasteiger partial charge on any atom is -0.344 e. The molecule has 2 rings (SSSR count). The van der Waals surface area contributed by atoms with E-state index in [2.05, 4.69) is 26.2 Å². The number of nitrogens with zero attached hydrogens (tertiary/aromatic N) is 1. The van der Waals surface area contributed by atoms with Gasteiger partial charge in [-0.3, -0.25) is 4.99 Å². The highest BCUT2D eigenvalue weighted by atomic mass is 79.9. The van der Waals surface area contributed by atoms with Gasteiger partial charge in [0.15, 0.2) is 0 Å². The Morgan fingerprint density at radius 2 is 1.94 bits per heavy atom. The van der Waals surface area contributed by atoms with Gasteiger partial charge in [0.25, 0.3) is 0 Å². The second-order valence-corrected chi connectivity index (χ2v) is 5.05. The van der Waals surface area contributed by atoms with Gasteiger partial charge in [0.2, 0.25) is 0 Å². The van der Waals surface area contributed by atoms with E-state index in [0.717, 1.165) is 43.8 Å². The van der Waals surface area contributed by atoms with Crippen LogP contribution in [0.4, 0.5) is 18.9 Å². The summed E-state index contributed by atoms with van der Waals surface area (Å²) < 4.78 is 38.3. The Labute approximate surface area is 111 Å². The van der Waals surface area contributed by atoms with Gasteiger partial charge >= 0.3 is 6.18 Å². The monoisotopic (exact) mass is 320 g/mol. The molecule has 0 aliphatic carbocycles. The summed E-state index contributed by atoms with van der Waals surface area (Å²) in [6.45, 7) is 0.739. The minimum atomic E-state index is -4.34. The normalized spacial score (nSPS) is 16.3. The minimum absolute atomic E-state index is 0.399. The zero-order valence-corrected chi connectivity index (χ0v) is 11.1. The molecule has 0 spiro atoms. The van der Waals surface area contributed by atoms with Crippen LogP contribution in [0.15, 0.2) is 27.7 Å². The Morgan fingerprint density at radius 3 is 2.56 bits per heavy atom. The standard InChI is InChI=1S/C12H12BrF3N2/c13-9-5-8(12(14,15)16)6-10(7-9)18-11-3-1-2-4-17-11/h5-7H,1-4H2,(H,17,18). The van der Waals surface area contributed by atoms with Crippen LogP contribution in [0.25, 0.3) is 0 Å². The fourth-order valence-electron chi connectivity index (χ4n) is 1.79. The molecule has 0 saturated carbocycles. The molecule has 1 aromatic rings. The predicted octanol–water partition coefficient (Wildman–Crippen LogP) is 4.46. The van der Waals surface area contributed by atoms with Gasteiger partial charge in [0.1, 0.15) is 5.84 Å². The van der Waals surface area contributed by atoms with Crippen molar-refractivity contribution in [1.29, 1.82) is 0 Å². The lowest BCUT2D eigenvalue weighted by molar-refractivity contribution is -0.137. The zero-order valence-electron chi connectivity index (χ0n) is 9.52. The van der Waals surface area contributed by atoms with Crippen molar-refractivity contribution >= 4 is 27.5 Å². The fourth-order valence-corrected chi connectivity index (χ4v) is 2.28. The summed E-state index contributed by atoms with van der Waals surface area (Å²) in [5.74, 6) is 0.757. The predicted molar refractivity (Wildman–Crippen MR) is 68.9 cm³/mol. The van der Waals surface area contributed by atoms with Crippen LogP contribution in [0.3, 0.4) is 0 Å². The average Bonchev–Trinajstić information content (AvgIpc) is 2.28. The molecule has 0 saturated heterocycles. The molecule has 1 aromatic carbocycles. The van der Waals surface area contributed by atoms with Crippen LogP contribution in [0.2, 0.25) is 0 Å². The van der Waals surface area contributed by atoms with E-state index in [4.69, 9.17) is 0 Å². The Balaban J connectivity index is 2.22. The fraction of sp³-hybridized carbons (Fsp3) is 0.417. The van der Waals surface area contributed by atoms with Gasteiger partial charge < -0.3 is 5.32 Å². The van der Waals surface area contributed by atoms with Crippen LogP contribution in [0.1, 0.15) is 24.8 Å². The van der Waals surface area contributed by atoms with Crippen molar-refractivity contribution in [1.82, 2.24) is 0 Å². The van der Waals surface area contributed by atoms with Crippen molar-refractivity contribution in [2.24, 2.45) is 4.99 Å². The van der Waals surface area contributed by atoms with Crippen LogP contribution < -0.4 is 5.32 Å². The molecule has 6 heteroatoms. The number of nitrogens with one attached hydrogen (secondary N) is 1. The molecule has 0 fully saturated rings. The van der Waals surface area contributed by atoms with E-state index < -0.39 is 11.7 Å². The Hall–Kier alpha value is -1.04. The molecule has 1 aliphatic heterocycles. The molecule has 18 heavy (non-hydrogen) atoms. The van der Waals surface area contributed by atoms with E-state index in [0.29, 0.717) is 10.2 Å². The lowest BCUT2D eigenvalue weighted by Gasteiger charge is -2.15. The summed E-state index contributed by atoms with van der Waals surface area (Å²) in [6.07, 6.45) is -1.49. The number of amidine groups is 1. The maximum absolute atomic E-state index is 12.6. The third kappa shape index (κ3) is 3.48. The van der Waals surface area contributed by atoms with E-state index in [1.807, 2.05) is 0 Å². The molecule has 1 heterocycles. The summed E-state index contributed by atoms with van der Waals surface area (Å²) in [7, 11) is 0. The number of hydrogen-bond acceptors (Lipinski definition) is 2. The van der Waals surface area contributed by atoms with Gasteiger partial charge in [-0.1, -0.05) is 15.9 Å². The van der Waals surface area contributed by atoms with Gasteiger partial charge in [0.05, 0.1) is 5.56 Å². The second-order valence-electron chi connectivity index (χ2n) is 4.14. The molecule has 0 unspecified atom stereocenters. The topological polar surface area (TPSA) is 24.4 Å². The summed E-state index contributed by atoms with van der Waals surface area (Å²) in [5, 5.41) is 2.95. The smallest absolute Gasteiger partial charge is 0.344 e. The molecule has 1 N–H and O–H groups in total. The van der Waals surface area contributed by atoms with Gasteiger partial charge in [-0.15, -0.1) is 0 Å². The third-order valence-corrected chi connectivity index (χ3v) is 3.10. The van der Waals surface area contributed by atoms with Crippen molar-refractivity contribution in [2.75, 3.05) is 11.9 Å². The number of rotatable bonds is 1. The molecule has 0 atom stereocenters. The van der Waals surface area contributed by atoms with Crippen LogP contribution in [0, 0.1) is 0 Å². The van der Waals surface area contributed by atoms with E-state index in [1.165, 1.54) is 0 Å². The van der Waals surface area contributed by atoms with Gasteiger partial charge in [-0.05, 0) is 31.0 Å². The Morgan fingerprint density at radius 1 is 1.17 bits per heavy atom. The van der Waals surface area contributed by atoms with Crippen molar-refractivity contribution in [2.45, 2.75) is 25.4 Å². The maximum atomic E-state index is 12.6. The molecule has 0 radical (unpaired) electrons. The zero-order chi connectivity index (χ0) is 13.2. The van der Waals surface area contributed by atoms with Crippen molar-refractivity contribution in [3.05, 3.63) is 28.2 Å². The number of aliphatic imine (C=N–C) groups is 1. The number of benzene rings is 1. The van der Waals surface area contributed by atoms with Crippen molar-refractivity contribution in [3.63, 3.8) is 0 Å². The molecule has 2 nitrogen and oxygen atoms in total. The lowest BCUT2D eigenvalue weighted by Crippen LogP contribution is -2.16. The highest BCUT2D eigenvalue weighted by molar-refractivity contribution is 9.10. The highest BCUT2D eigenvalue weighted by Crippen LogP contribution is 2.33. The first kappa shape index (κ1) is 13.4. The number of alkyl halides is 3. The van der Waals surface area contributed by atoms with Crippen LogP contribution in [-0.2, 0) is 6.18 Å². The molecule has 0 amide bonds. The van der Waals surface area contributed by atoms with Gasteiger partial charge in [0, 0.05) is 23.1 Å². The third-order valence-electron chi connectivity index (χ3n) is 2.64. The molecule has 0 bridgehead atoms. The SMILES string of the molecule is FC(F)(F)c1cc(Br)cc(NC2=NCCCC2)c1. The second kappa shape index (κ2) is 5.30. The summed E-state index contributed by atoms with van der Waals surface area (Å²) in [5.41, 5.74) is -0.256. The molecule has 98 valence electrons. The van der Waals surface area contributed by atoms with E-state index in [9.17, 15) is 13.2 Å².